The van der Waals surface area contributed by atoms with Crippen LogP contribution < -0.4 is 5.73 Å². The first-order chi connectivity index (χ1) is 7.25. The Morgan fingerprint density at radius 1 is 1.33 bits per heavy atom. The first kappa shape index (κ1) is 8.40. The van der Waals surface area contributed by atoms with E-state index in [0.29, 0.717) is 5.95 Å². The molecule has 1 aliphatic carbocycles. The maximum atomic E-state index is 5.61. The number of nitrogens with zero attached hydrogens (tertiary/aromatic N) is 4. The summed E-state index contributed by atoms with van der Waals surface area (Å²) in [6, 6.07) is 0. The molecule has 2 heterocycles. The van der Waals surface area contributed by atoms with Crippen LogP contribution in [0.2, 0.25) is 0 Å². The van der Waals surface area contributed by atoms with Gasteiger partial charge in [-0.1, -0.05) is 0 Å². The third kappa shape index (κ3) is 1.12. The third-order valence-corrected chi connectivity index (χ3v) is 2.75. The Balaban J connectivity index is 2.31. The van der Waals surface area contributed by atoms with E-state index in [1.807, 2.05) is 24.1 Å². The summed E-state index contributed by atoms with van der Waals surface area (Å²) < 4.78 is 1.99. The van der Waals surface area contributed by atoms with E-state index in [0.717, 1.165) is 35.5 Å². The van der Waals surface area contributed by atoms with Gasteiger partial charge < -0.3 is 10.3 Å². The molecule has 5 nitrogen and oxygen atoms in total. The molecule has 0 radical (unpaired) electrons. The molecule has 76 valence electrons. The van der Waals surface area contributed by atoms with Crippen LogP contribution in [-0.4, -0.2) is 19.5 Å². The van der Waals surface area contributed by atoms with Crippen LogP contribution in [0, 0.1) is 0 Å². The van der Waals surface area contributed by atoms with Gasteiger partial charge >= 0.3 is 0 Å². The molecular formula is C10H11N5. The van der Waals surface area contributed by atoms with Crippen LogP contribution in [0.15, 0.2) is 12.5 Å². The Bertz CT molecular complexity index is 529. The molecule has 0 aliphatic heterocycles. The van der Waals surface area contributed by atoms with Crippen molar-refractivity contribution in [2.24, 2.45) is 7.05 Å². The standard InChI is InChI=1S/C10H11N5/c1-15-5-13-7-3-2-6-4-12-10(11)14-8(6)9(7)15/h4-5H,2-3H2,1H3,(H2,11,12,14). The molecule has 0 saturated heterocycles. The number of hydrogen-bond donors (Lipinski definition) is 1. The number of hydrogen-bond acceptors (Lipinski definition) is 4. The Kier molecular flexibility index (Phi) is 1.56. The van der Waals surface area contributed by atoms with Gasteiger partial charge in [-0.05, 0) is 18.4 Å². The van der Waals surface area contributed by atoms with Crippen molar-refractivity contribution in [2.75, 3.05) is 5.73 Å². The van der Waals surface area contributed by atoms with Crippen molar-refractivity contribution >= 4 is 5.95 Å². The van der Waals surface area contributed by atoms with Gasteiger partial charge in [0, 0.05) is 13.2 Å². The molecule has 2 aromatic heterocycles. The molecule has 0 unspecified atom stereocenters. The van der Waals surface area contributed by atoms with Gasteiger partial charge in [-0.15, -0.1) is 0 Å². The molecule has 5 heteroatoms. The van der Waals surface area contributed by atoms with E-state index in [2.05, 4.69) is 15.0 Å². The second kappa shape index (κ2) is 2.79. The van der Waals surface area contributed by atoms with Crippen LogP contribution in [0.3, 0.4) is 0 Å². The van der Waals surface area contributed by atoms with Crippen molar-refractivity contribution in [2.45, 2.75) is 12.8 Å². The van der Waals surface area contributed by atoms with Crippen molar-refractivity contribution in [3.05, 3.63) is 23.8 Å². The summed E-state index contributed by atoms with van der Waals surface area (Å²) in [5.74, 6) is 0.322. The third-order valence-electron chi connectivity index (χ3n) is 2.75. The monoisotopic (exact) mass is 201 g/mol. The lowest BCUT2D eigenvalue weighted by Gasteiger charge is -2.15. The summed E-state index contributed by atoms with van der Waals surface area (Å²) in [4.78, 5) is 12.7. The van der Waals surface area contributed by atoms with Crippen molar-refractivity contribution in [3.63, 3.8) is 0 Å². The first-order valence-corrected chi connectivity index (χ1v) is 4.87. The van der Waals surface area contributed by atoms with Crippen molar-refractivity contribution < 1.29 is 0 Å². The van der Waals surface area contributed by atoms with Crippen LogP contribution in [0.4, 0.5) is 5.95 Å². The minimum atomic E-state index is 0.322. The van der Waals surface area contributed by atoms with E-state index in [1.54, 1.807) is 0 Å². The maximum Gasteiger partial charge on any atom is 0.220 e. The van der Waals surface area contributed by atoms with Crippen LogP contribution in [0.5, 0.6) is 0 Å². The van der Waals surface area contributed by atoms with E-state index < -0.39 is 0 Å². The number of nitrogen functional groups attached to an aromatic ring is 1. The number of anilines is 1. The number of imidazole rings is 1. The second-order valence-electron chi connectivity index (χ2n) is 3.75. The van der Waals surface area contributed by atoms with Gasteiger partial charge in [-0.25, -0.2) is 15.0 Å². The Morgan fingerprint density at radius 2 is 2.20 bits per heavy atom. The fraction of sp³-hybridized carbons (Fsp3) is 0.300. The molecule has 0 atom stereocenters. The number of fused-ring (bicyclic) bond motifs is 3. The fourth-order valence-corrected chi connectivity index (χ4v) is 2.03. The highest BCUT2D eigenvalue weighted by atomic mass is 15.1. The van der Waals surface area contributed by atoms with Crippen molar-refractivity contribution in [3.8, 4) is 11.4 Å². The molecule has 1 aliphatic rings. The zero-order valence-corrected chi connectivity index (χ0v) is 8.44. The summed E-state index contributed by atoms with van der Waals surface area (Å²) in [5, 5.41) is 0. The SMILES string of the molecule is Cn1cnc2c1-c1nc(N)ncc1CC2. The Morgan fingerprint density at radius 3 is 3.07 bits per heavy atom. The van der Waals surface area contributed by atoms with Crippen LogP contribution in [0.1, 0.15) is 11.3 Å². The molecule has 0 amide bonds. The van der Waals surface area contributed by atoms with E-state index in [4.69, 9.17) is 5.73 Å². The van der Waals surface area contributed by atoms with Gasteiger partial charge in [0.15, 0.2) is 0 Å². The lowest BCUT2D eigenvalue weighted by molar-refractivity contribution is 0.863. The largest absolute Gasteiger partial charge is 0.368 e. The predicted octanol–water partition coefficient (Wildman–Crippen LogP) is 0.558. The Hall–Kier alpha value is -1.91. The van der Waals surface area contributed by atoms with E-state index >= 15 is 0 Å². The minimum Gasteiger partial charge on any atom is -0.368 e. The van der Waals surface area contributed by atoms with Gasteiger partial charge in [0.25, 0.3) is 0 Å². The van der Waals surface area contributed by atoms with Crippen LogP contribution in [-0.2, 0) is 19.9 Å². The molecule has 3 rings (SSSR count). The topological polar surface area (TPSA) is 69.6 Å². The lowest BCUT2D eigenvalue weighted by atomic mass is 9.98. The molecular weight excluding hydrogens is 190 g/mol. The van der Waals surface area contributed by atoms with Crippen molar-refractivity contribution in [1.82, 2.24) is 19.5 Å². The maximum absolute atomic E-state index is 5.61. The fourth-order valence-electron chi connectivity index (χ4n) is 2.03. The smallest absolute Gasteiger partial charge is 0.220 e. The van der Waals surface area contributed by atoms with Gasteiger partial charge in [0.1, 0.15) is 0 Å². The second-order valence-corrected chi connectivity index (χ2v) is 3.75. The summed E-state index contributed by atoms with van der Waals surface area (Å²) in [6.45, 7) is 0. The minimum absolute atomic E-state index is 0.322. The van der Waals surface area contributed by atoms with E-state index in [9.17, 15) is 0 Å². The highest BCUT2D eigenvalue weighted by Crippen LogP contribution is 2.30. The zero-order valence-electron chi connectivity index (χ0n) is 8.44. The molecule has 2 aromatic rings. The number of nitrogens with two attached hydrogens (primary N) is 1. The van der Waals surface area contributed by atoms with E-state index in [-0.39, 0.29) is 0 Å². The normalized spacial score (nSPS) is 13.4. The highest BCUT2D eigenvalue weighted by molar-refractivity contribution is 5.65. The average molecular weight is 201 g/mol. The summed E-state index contributed by atoms with van der Waals surface area (Å²) in [7, 11) is 1.97. The molecule has 0 bridgehead atoms. The summed E-state index contributed by atoms with van der Waals surface area (Å²) >= 11 is 0. The predicted molar refractivity (Wildman–Crippen MR) is 56.1 cm³/mol. The molecule has 0 aromatic carbocycles. The van der Waals surface area contributed by atoms with Gasteiger partial charge in [0.2, 0.25) is 5.95 Å². The summed E-state index contributed by atoms with van der Waals surface area (Å²) in [5.41, 5.74) is 9.87. The van der Waals surface area contributed by atoms with Crippen molar-refractivity contribution in [1.29, 1.82) is 0 Å². The number of rotatable bonds is 0. The molecule has 0 spiro atoms. The number of aromatic nitrogens is 4. The molecule has 0 saturated carbocycles. The quantitative estimate of drug-likeness (QED) is 0.676. The van der Waals surface area contributed by atoms with Crippen LogP contribution >= 0.6 is 0 Å². The molecule has 15 heavy (non-hydrogen) atoms. The summed E-state index contributed by atoms with van der Waals surface area (Å²) in [6.07, 6.45) is 5.53. The average Bonchev–Trinajstić information content (AvgIpc) is 2.60. The van der Waals surface area contributed by atoms with Crippen LogP contribution in [0.25, 0.3) is 11.4 Å². The van der Waals surface area contributed by atoms with Gasteiger partial charge in [0.05, 0.1) is 23.4 Å². The zero-order chi connectivity index (χ0) is 10.4. The Labute approximate surface area is 87.0 Å². The van der Waals surface area contributed by atoms with Gasteiger partial charge in [-0.3, -0.25) is 0 Å². The highest BCUT2D eigenvalue weighted by Gasteiger charge is 2.21. The molecule has 0 fully saturated rings. The lowest BCUT2D eigenvalue weighted by Crippen LogP contribution is -2.10. The number of aryl methyl sites for hydroxylation is 3. The molecule has 2 N–H and O–H groups in total. The van der Waals surface area contributed by atoms with E-state index in [1.165, 1.54) is 0 Å². The van der Waals surface area contributed by atoms with Gasteiger partial charge in [-0.2, -0.15) is 0 Å². The first-order valence-electron chi connectivity index (χ1n) is 4.87.